The number of hydrogen-bond acceptors (Lipinski definition) is 5. The molecule has 0 aromatic heterocycles. The summed E-state index contributed by atoms with van der Waals surface area (Å²) in [5.74, 6) is -0.0281. The molecule has 0 aliphatic heterocycles. The molecule has 2 aromatic carbocycles. The summed E-state index contributed by atoms with van der Waals surface area (Å²) in [6, 6.07) is 10.2. The van der Waals surface area contributed by atoms with E-state index in [4.69, 9.17) is 9.57 Å². The molecular formula is C21H24F2N2O4. The lowest BCUT2D eigenvalue weighted by Gasteiger charge is -2.16. The second-order valence-corrected chi connectivity index (χ2v) is 6.54. The fourth-order valence-corrected chi connectivity index (χ4v) is 2.67. The van der Waals surface area contributed by atoms with Gasteiger partial charge in [-0.15, -0.1) is 0 Å². The van der Waals surface area contributed by atoms with E-state index >= 15 is 0 Å². The first-order chi connectivity index (χ1) is 13.8. The summed E-state index contributed by atoms with van der Waals surface area (Å²) >= 11 is 0. The Morgan fingerprint density at radius 2 is 1.97 bits per heavy atom. The maximum absolute atomic E-state index is 12.3. The predicted octanol–water partition coefficient (Wildman–Crippen LogP) is 4.72. The van der Waals surface area contributed by atoms with Crippen LogP contribution in [0.2, 0.25) is 0 Å². The van der Waals surface area contributed by atoms with Gasteiger partial charge >= 0.3 is 6.61 Å². The number of para-hydroxylation sites is 1. The third-order valence-electron chi connectivity index (χ3n) is 4.07. The Labute approximate surface area is 168 Å². The molecular weight excluding hydrogens is 382 g/mol. The summed E-state index contributed by atoms with van der Waals surface area (Å²) in [6.07, 6.45) is 1.34. The van der Waals surface area contributed by atoms with Gasteiger partial charge in [0.1, 0.15) is 0 Å². The number of nitrogens with one attached hydrogen (secondary N) is 1. The zero-order chi connectivity index (χ0) is 21.4. The maximum atomic E-state index is 12.3. The van der Waals surface area contributed by atoms with Gasteiger partial charge in [0, 0.05) is 11.3 Å². The normalized spacial score (nSPS) is 11.2. The molecule has 0 fully saturated rings. The van der Waals surface area contributed by atoms with Crippen LogP contribution in [0.5, 0.6) is 11.5 Å². The summed E-state index contributed by atoms with van der Waals surface area (Å²) in [4.78, 5) is 17.2. The number of ether oxygens (including phenoxy) is 2. The van der Waals surface area contributed by atoms with Crippen LogP contribution in [0.1, 0.15) is 36.5 Å². The number of methoxy groups -OCH3 is 1. The molecule has 0 aliphatic carbocycles. The van der Waals surface area contributed by atoms with Crippen molar-refractivity contribution in [1.82, 2.24) is 0 Å². The zero-order valence-corrected chi connectivity index (χ0v) is 16.7. The lowest BCUT2D eigenvalue weighted by atomic mass is 9.98. The van der Waals surface area contributed by atoms with E-state index in [1.54, 1.807) is 0 Å². The van der Waals surface area contributed by atoms with Gasteiger partial charge in [0.25, 0.3) is 5.91 Å². The molecule has 0 unspecified atom stereocenters. The molecule has 0 atom stereocenters. The van der Waals surface area contributed by atoms with Crippen molar-refractivity contribution >= 4 is 17.8 Å². The van der Waals surface area contributed by atoms with E-state index in [2.05, 4.69) is 29.1 Å². The van der Waals surface area contributed by atoms with Crippen molar-refractivity contribution in [3.63, 3.8) is 0 Å². The van der Waals surface area contributed by atoms with E-state index in [1.807, 2.05) is 25.1 Å². The van der Waals surface area contributed by atoms with Gasteiger partial charge in [-0.25, -0.2) is 0 Å². The molecule has 6 nitrogen and oxygen atoms in total. The number of anilines is 1. The van der Waals surface area contributed by atoms with Crippen LogP contribution < -0.4 is 14.8 Å². The predicted molar refractivity (Wildman–Crippen MR) is 107 cm³/mol. The summed E-state index contributed by atoms with van der Waals surface area (Å²) < 4.78 is 34.1. The Morgan fingerprint density at radius 1 is 1.21 bits per heavy atom. The van der Waals surface area contributed by atoms with Gasteiger partial charge in [-0.05, 0) is 42.2 Å². The van der Waals surface area contributed by atoms with Gasteiger partial charge in [-0.1, -0.05) is 37.2 Å². The number of carbonyl (C=O) groups is 1. The van der Waals surface area contributed by atoms with Crippen molar-refractivity contribution in [2.75, 3.05) is 19.0 Å². The van der Waals surface area contributed by atoms with Crippen LogP contribution in [0.4, 0.5) is 14.5 Å². The molecule has 0 radical (unpaired) electrons. The summed E-state index contributed by atoms with van der Waals surface area (Å²) in [5, 5.41) is 6.60. The third kappa shape index (κ3) is 6.44. The molecule has 156 valence electrons. The lowest BCUT2D eigenvalue weighted by Crippen LogP contribution is -2.19. The second-order valence-electron chi connectivity index (χ2n) is 6.54. The highest BCUT2D eigenvalue weighted by Gasteiger charge is 2.13. The van der Waals surface area contributed by atoms with Crippen LogP contribution in [-0.2, 0) is 9.63 Å². The number of hydrogen-bond donors (Lipinski definition) is 1. The van der Waals surface area contributed by atoms with Crippen molar-refractivity contribution in [3.05, 3.63) is 53.1 Å². The minimum absolute atomic E-state index is 0.0841. The van der Waals surface area contributed by atoms with Crippen molar-refractivity contribution < 1.29 is 27.9 Å². The van der Waals surface area contributed by atoms with E-state index in [0.29, 0.717) is 5.56 Å². The van der Waals surface area contributed by atoms with Crippen molar-refractivity contribution in [2.24, 2.45) is 5.16 Å². The molecule has 1 N–H and O–H groups in total. The molecule has 0 saturated heterocycles. The fraction of sp³-hybridized carbons (Fsp3) is 0.333. The van der Waals surface area contributed by atoms with Crippen LogP contribution in [0.3, 0.4) is 0 Å². The number of rotatable bonds is 9. The average Bonchev–Trinajstić information content (AvgIpc) is 2.67. The maximum Gasteiger partial charge on any atom is 0.387 e. The van der Waals surface area contributed by atoms with Crippen LogP contribution in [0, 0.1) is 6.92 Å². The van der Waals surface area contributed by atoms with E-state index in [1.165, 1.54) is 31.5 Å². The molecule has 8 heteroatoms. The number of benzene rings is 2. The van der Waals surface area contributed by atoms with Crippen molar-refractivity contribution in [2.45, 2.75) is 33.3 Å². The highest BCUT2D eigenvalue weighted by Crippen LogP contribution is 2.29. The van der Waals surface area contributed by atoms with Crippen LogP contribution >= 0.6 is 0 Å². The SMILES string of the molecule is COc1cc(/C=N\OCC(=O)Nc2c(C)cccc2C(C)C)ccc1OC(F)F. The summed E-state index contributed by atoms with van der Waals surface area (Å²) in [7, 11) is 1.34. The molecule has 0 spiro atoms. The second kappa shape index (κ2) is 10.4. The van der Waals surface area contributed by atoms with Crippen LogP contribution in [-0.4, -0.2) is 32.4 Å². The Balaban J connectivity index is 1.95. The van der Waals surface area contributed by atoms with Crippen LogP contribution in [0.25, 0.3) is 0 Å². The summed E-state index contributed by atoms with van der Waals surface area (Å²) in [6.45, 7) is 2.81. The lowest BCUT2D eigenvalue weighted by molar-refractivity contribution is -0.120. The largest absolute Gasteiger partial charge is 0.493 e. The Bertz CT molecular complexity index is 870. The van der Waals surface area contributed by atoms with Gasteiger partial charge in [-0.2, -0.15) is 8.78 Å². The molecule has 0 saturated carbocycles. The van der Waals surface area contributed by atoms with Gasteiger partial charge in [0.15, 0.2) is 18.1 Å². The number of halogens is 2. The van der Waals surface area contributed by atoms with E-state index in [9.17, 15) is 13.6 Å². The first-order valence-corrected chi connectivity index (χ1v) is 8.99. The fourth-order valence-electron chi connectivity index (χ4n) is 2.67. The van der Waals surface area contributed by atoms with Crippen molar-refractivity contribution in [1.29, 1.82) is 0 Å². The van der Waals surface area contributed by atoms with E-state index in [-0.39, 0.29) is 29.9 Å². The van der Waals surface area contributed by atoms with Crippen LogP contribution in [0.15, 0.2) is 41.6 Å². The van der Waals surface area contributed by atoms with Gasteiger partial charge in [-0.3, -0.25) is 4.79 Å². The zero-order valence-electron chi connectivity index (χ0n) is 16.7. The number of nitrogens with zero attached hydrogens (tertiary/aromatic N) is 1. The third-order valence-corrected chi connectivity index (χ3v) is 4.07. The topological polar surface area (TPSA) is 69.2 Å². The standard InChI is InChI=1S/C21H24F2N2O4/c1-13(2)16-7-5-6-14(3)20(16)25-19(26)12-28-24-11-15-8-9-17(29-21(22)23)18(10-15)27-4/h5-11,13,21H,12H2,1-4H3,(H,25,26)/b24-11-. The minimum atomic E-state index is -2.95. The molecule has 0 aliphatic rings. The highest BCUT2D eigenvalue weighted by molar-refractivity contribution is 5.93. The first-order valence-electron chi connectivity index (χ1n) is 8.99. The van der Waals surface area contributed by atoms with Gasteiger partial charge in [0.05, 0.1) is 13.3 Å². The molecule has 0 bridgehead atoms. The molecule has 29 heavy (non-hydrogen) atoms. The minimum Gasteiger partial charge on any atom is -0.493 e. The highest BCUT2D eigenvalue weighted by atomic mass is 19.3. The smallest absolute Gasteiger partial charge is 0.387 e. The van der Waals surface area contributed by atoms with E-state index in [0.717, 1.165) is 16.8 Å². The molecule has 2 aromatic rings. The van der Waals surface area contributed by atoms with Gasteiger partial charge < -0.3 is 19.6 Å². The number of amides is 1. The van der Waals surface area contributed by atoms with Gasteiger partial charge in [0.2, 0.25) is 0 Å². The number of aryl methyl sites for hydroxylation is 1. The molecule has 2 rings (SSSR count). The van der Waals surface area contributed by atoms with E-state index < -0.39 is 6.61 Å². The average molecular weight is 406 g/mol. The Kier molecular flexibility index (Phi) is 7.94. The Morgan fingerprint density at radius 3 is 2.62 bits per heavy atom. The molecule has 0 heterocycles. The summed E-state index contributed by atoms with van der Waals surface area (Å²) in [5.41, 5.74) is 3.32. The van der Waals surface area contributed by atoms with Crippen molar-refractivity contribution in [3.8, 4) is 11.5 Å². The molecule has 1 amide bonds. The quantitative estimate of drug-likeness (QED) is 0.483. The monoisotopic (exact) mass is 406 g/mol. The number of alkyl halides is 2. The number of oxime groups is 1. The first kappa shape index (κ1) is 22.1. The Hall–Kier alpha value is -3.16. The number of carbonyl (C=O) groups excluding carboxylic acids is 1.